The number of phenolic OH excluding ortho intramolecular Hbond substituents is 1. The van der Waals surface area contributed by atoms with E-state index in [1.807, 2.05) is 42.5 Å². The largest absolute Gasteiger partial charge is 0.508 e. The van der Waals surface area contributed by atoms with Gasteiger partial charge in [0.1, 0.15) is 17.6 Å². The lowest BCUT2D eigenvalue weighted by Crippen LogP contribution is -2.08. The van der Waals surface area contributed by atoms with Gasteiger partial charge in [-0.2, -0.15) is 0 Å². The zero-order valence-electron chi connectivity index (χ0n) is 9.21. The Morgan fingerprint density at radius 1 is 1.00 bits per heavy atom. The second-order valence-corrected chi connectivity index (χ2v) is 4.03. The number of fused-ring (bicyclic) bond motifs is 1. The van der Waals surface area contributed by atoms with E-state index in [1.54, 1.807) is 18.2 Å². The third-order valence-electron chi connectivity index (χ3n) is 2.83. The van der Waals surface area contributed by atoms with E-state index in [2.05, 4.69) is 0 Å². The average Bonchev–Trinajstić information content (AvgIpc) is 2.39. The average molecular weight is 224 g/mol. The van der Waals surface area contributed by atoms with Gasteiger partial charge in [-0.15, -0.1) is 0 Å². The standard InChI is InChI=1S/C15H12O2/c16-13-7-9-15-12(10-13)6-8-14(17-15)11-4-2-1-3-5-11/h1-10,14,16H. The summed E-state index contributed by atoms with van der Waals surface area (Å²) in [5.41, 5.74) is 2.04. The van der Waals surface area contributed by atoms with Gasteiger partial charge in [-0.05, 0) is 29.8 Å². The molecule has 1 aliphatic heterocycles. The highest BCUT2D eigenvalue weighted by Gasteiger charge is 2.16. The third kappa shape index (κ3) is 1.89. The van der Waals surface area contributed by atoms with Crippen LogP contribution in [-0.2, 0) is 0 Å². The van der Waals surface area contributed by atoms with Gasteiger partial charge < -0.3 is 9.84 Å². The highest BCUT2D eigenvalue weighted by atomic mass is 16.5. The highest BCUT2D eigenvalue weighted by Crippen LogP contribution is 2.34. The van der Waals surface area contributed by atoms with Crippen molar-refractivity contribution in [1.82, 2.24) is 0 Å². The molecule has 0 spiro atoms. The molecule has 0 aliphatic carbocycles. The van der Waals surface area contributed by atoms with Gasteiger partial charge in [0.25, 0.3) is 0 Å². The van der Waals surface area contributed by atoms with Crippen molar-refractivity contribution >= 4 is 6.08 Å². The van der Waals surface area contributed by atoms with E-state index in [0.717, 1.165) is 16.9 Å². The molecule has 0 amide bonds. The fourth-order valence-corrected chi connectivity index (χ4v) is 1.96. The fourth-order valence-electron chi connectivity index (χ4n) is 1.96. The molecule has 0 radical (unpaired) electrons. The molecular formula is C15H12O2. The first-order chi connectivity index (χ1) is 8.33. The van der Waals surface area contributed by atoms with Crippen LogP contribution in [0.4, 0.5) is 0 Å². The molecule has 0 fully saturated rings. The SMILES string of the molecule is Oc1ccc2c(c1)C=CC(c1ccccc1)O2. The first kappa shape index (κ1) is 9.97. The van der Waals surface area contributed by atoms with Gasteiger partial charge in [0, 0.05) is 5.56 Å². The van der Waals surface area contributed by atoms with Crippen molar-refractivity contribution in [3.05, 3.63) is 65.7 Å². The molecule has 2 heteroatoms. The van der Waals surface area contributed by atoms with Crippen LogP contribution in [0.2, 0.25) is 0 Å². The zero-order chi connectivity index (χ0) is 11.7. The van der Waals surface area contributed by atoms with E-state index in [-0.39, 0.29) is 11.9 Å². The maximum Gasteiger partial charge on any atom is 0.142 e. The minimum absolute atomic E-state index is 0.0479. The summed E-state index contributed by atoms with van der Waals surface area (Å²) in [5.74, 6) is 1.06. The Bertz CT molecular complexity index is 558. The molecule has 1 N–H and O–H groups in total. The molecule has 0 bridgehead atoms. The molecule has 2 aromatic carbocycles. The summed E-state index contributed by atoms with van der Waals surface area (Å²) in [7, 11) is 0. The Morgan fingerprint density at radius 3 is 2.65 bits per heavy atom. The number of rotatable bonds is 1. The van der Waals surface area contributed by atoms with E-state index >= 15 is 0 Å². The Hall–Kier alpha value is -2.22. The van der Waals surface area contributed by atoms with Crippen LogP contribution in [0.15, 0.2) is 54.6 Å². The van der Waals surface area contributed by atoms with E-state index in [1.165, 1.54) is 0 Å². The molecular weight excluding hydrogens is 212 g/mol. The smallest absolute Gasteiger partial charge is 0.142 e. The summed E-state index contributed by atoms with van der Waals surface area (Å²) in [6.07, 6.45) is 3.93. The Kier molecular flexibility index (Phi) is 2.33. The number of ether oxygens (including phenoxy) is 1. The number of phenols is 1. The lowest BCUT2D eigenvalue weighted by Gasteiger charge is -2.21. The second kappa shape index (κ2) is 3.98. The quantitative estimate of drug-likeness (QED) is 0.802. The third-order valence-corrected chi connectivity index (χ3v) is 2.83. The summed E-state index contributed by atoms with van der Waals surface area (Å²) in [4.78, 5) is 0. The van der Waals surface area contributed by atoms with Crippen LogP contribution in [0.5, 0.6) is 11.5 Å². The first-order valence-corrected chi connectivity index (χ1v) is 5.56. The molecule has 0 saturated carbocycles. The molecule has 1 unspecified atom stereocenters. The maximum absolute atomic E-state index is 9.38. The number of hydrogen-bond acceptors (Lipinski definition) is 2. The van der Waals surface area contributed by atoms with E-state index < -0.39 is 0 Å². The van der Waals surface area contributed by atoms with Crippen molar-refractivity contribution < 1.29 is 9.84 Å². The van der Waals surface area contributed by atoms with Crippen LogP contribution in [0.1, 0.15) is 17.2 Å². The summed E-state index contributed by atoms with van der Waals surface area (Å²) in [5, 5.41) is 9.38. The molecule has 0 saturated heterocycles. The first-order valence-electron chi connectivity index (χ1n) is 5.56. The molecule has 3 rings (SSSR count). The van der Waals surface area contributed by atoms with Crippen LogP contribution >= 0.6 is 0 Å². The minimum atomic E-state index is -0.0479. The lowest BCUT2D eigenvalue weighted by atomic mass is 10.0. The minimum Gasteiger partial charge on any atom is -0.508 e. The highest BCUT2D eigenvalue weighted by molar-refractivity contribution is 5.62. The van der Waals surface area contributed by atoms with Gasteiger partial charge in [-0.1, -0.05) is 36.4 Å². The van der Waals surface area contributed by atoms with Crippen LogP contribution in [-0.4, -0.2) is 5.11 Å². The molecule has 2 nitrogen and oxygen atoms in total. The summed E-state index contributed by atoms with van der Waals surface area (Å²) in [6, 6.07) is 15.2. The van der Waals surface area contributed by atoms with Crippen LogP contribution < -0.4 is 4.74 Å². The van der Waals surface area contributed by atoms with Gasteiger partial charge >= 0.3 is 0 Å². The van der Waals surface area contributed by atoms with E-state index in [0.29, 0.717) is 0 Å². The van der Waals surface area contributed by atoms with Gasteiger partial charge in [-0.3, -0.25) is 0 Å². The topological polar surface area (TPSA) is 29.5 Å². The Balaban J connectivity index is 1.94. The van der Waals surface area contributed by atoms with E-state index in [9.17, 15) is 5.11 Å². The Morgan fingerprint density at radius 2 is 1.82 bits per heavy atom. The lowest BCUT2D eigenvalue weighted by molar-refractivity contribution is 0.251. The predicted molar refractivity (Wildman–Crippen MR) is 67.0 cm³/mol. The van der Waals surface area contributed by atoms with Crippen LogP contribution in [0.3, 0.4) is 0 Å². The van der Waals surface area contributed by atoms with E-state index in [4.69, 9.17) is 4.74 Å². The van der Waals surface area contributed by atoms with Gasteiger partial charge in [-0.25, -0.2) is 0 Å². The molecule has 17 heavy (non-hydrogen) atoms. The van der Waals surface area contributed by atoms with Crippen molar-refractivity contribution in [3.63, 3.8) is 0 Å². The van der Waals surface area contributed by atoms with Gasteiger partial charge in [0.15, 0.2) is 0 Å². The summed E-state index contributed by atoms with van der Waals surface area (Å²) in [6.45, 7) is 0. The summed E-state index contributed by atoms with van der Waals surface area (Å²) < 4.78 is 5.88. The second-order valence-electron chi connectivity index (χ2n) is 4.03. The monoisotopic (exact) mass is 224 g/mol. The molecule has 1 atom stereocenters. The molecule has 0 aromatic heterocycles. The normalized spacial score (nSPS) is 17.3. The van der Waals surface area contributed by atoms with Crippen LogP contribution in [0, 0.1) is 0 Å². The van der Waals surface area contributed by atoms with Crippen molar-refractivity contribution in [2.24, 2.45) is 0 Å². The number of hydrogen-bond donors (Lipinski definition) is 1. The molecule has 1 heterocycles. The van der Waals surface area contributed by atoms with Crippen molar-refractivity contribution in [3.8, 4) is 11.5 Å². The molecule has 2 aromatic rings. The zero-order valence-corrected chi connectivity index (χ0v) is 9.21. The Labute approximate surface area is 99.8 Å². The molecule has 84 valence electrons. The molecule has 1 aliphatic rings. The van der Waals surface area contributed by atoms with Crippen molar-refractivity contribution in [2.45, 2.75) is 6.10 Å². The van der Waals surface area contributed by atoms with Crippen molar-refractivity contribution in [2.75, 3.05) is 0 Å². The van der Waals surface area contributed by atoms with Crippen LogP contribution in [0.25, 0.3) is 6.08 Å². The van der Waals surface area contributed by atoms with Gasteiger partial charge in [0.2, 0.25) is 0 Å². The fraction of sp³-hybridized carbons (Fsp3) is 0.0667. The number of aromatic hydroxyl groups is 1. The number of benzene rings is 2. The van der Waals surface area contributed by atoms with Crippen molar-refractivity contribution in [1.29, 1.82) is 0 Å². The van der Waals surface area contributed by atoms with Gasteiger partial charge in [0.05, 0.1) is 0 Å². The maximum atomic E-state index is 9.38. The summed E-state index contributed by atoms with van der Waals surface area (Å²) >= 11 is 0. The predicted octanol–water partition coefficient (Wildman–Crippen LogP) is 3.54.